The molecule has 0 saturated heterocycles. The minimum atomic E-state index is 0.325. The maximum atomic E-state index is 6.04. The van der Waals surface area contributed by atoms with Gasteiger partial charge in [0.2, 0.25) is 0 Å². The van der Waals surface area contributed by atoms with Gasteiger partial charge in [0.1, 0.15) is 6.61 Å². The summed E-state index contributed by atoms with van der Waals surface area (Å²) in [7, 11) is 1.58. The highest BCUT2D eigenvalue weighted by atomic mass is 79.9. The Labute approximate surface area is 182 Å². The molecule has 2 aromatic carbocycles. The Kier molecular flexibility index (Phi) is 8.63. The van der Waals surface area contributed by atoms with E-state index in [1.54, 1.807) is 25.5 Å². The van der Waals surface area contributed by atoms with Crippen LogP contribution in [0.1, 0.15) is 18.1 Å². The Hall–Kier alpha value is -1.54. The smallest absolute Gasteiger partial charge is 0.186 e. The predicted octanol–water partition coefficient (Wildman–Crippen LogP) is 5.16. The molecule has 2 aromatic rings. The van der Waals surface area contributed by atoms with Crippen LogP contribution in [0.15, 0.2) is 39.9 Å². The molecule has 144 valence electrons. The molecule has 0 radical (unpaired) electrons. The summed E-state index contributed by atoms with van der Waals surface area (Å²) in [5.41, 5.74) is 4.45. The number of hydrogen-bond donors (Lipinski definition) is 2. The highest BCUT2D eigenvalue weighted by molar-refractivity contribution is 9.10. The van der Waals surface area contributed by atoms with E-state index in [4.69, 9.17) is 44.9 Å². The van der Waals surface area contributed by atoms with Gasteiger partial charge >= 0.3 is 0 Å². The molecule has 0 atom stereocenters. The van der Waals surface area contributed by atoms with Crippen LogP contribution in [-0.2, 0) is 6.61 Å². The van der Waals surface area contributed by atoms with E-state index in [9.17, 15) is 0 Å². The number of ether oxygens (including phenoxy) is 2. The molecule has 2 N–H and O–H groups in total. The monoisotopic (exact) mass is 489 g/mol. The van der Waals surface area contributed by atoms with E-state index in [1.165, 1.54) is 0 Å². The molecule has 0 aliphatic heterocycles. The number of nitrogens with zero attached hydrogens (tertiary/aromatic N) is 1. The van der Waals surface area contributed by atoms with Gasteiger partial charge in [-0.3, -0.25) is 5.43 Å². The summed E-state index contributed by atoms with van der Waals surface area (Å²) >= 11 is 20.5. The van der Waals surface area contributed by atoms with Gasteiger partial charge in [-0.05, 0) is 64.9 Å². The second kappa shape index (κ2) is 10.7. The molecular weight excluding hydrogens is 473 g/mol. The van der Waals surface area contributed by atoms with Crippen molar-refractivity contribution in [3.63, 3.8) is 0 Å². The molecule has 0 heterocycles. The minimum absolute atomic E-state index is 0.325. The lowest BCUT2D eigenvalue weighted by Crippen LogP contribution is -2.31. The highest BCUT2D eigenvalue weighted by Gasteiger charge is 2.10. The van der Waals surface area contributed by atoms with Crippen molar-refractivity contribution in [1.29, 1.82) is 0 Å². The van der Waals surface area contributed by atoms with E-state index in [0.717, 1.165) is 22.1 Å². The summed E-state index contributed by atoms with van der Waals surface area (Å²) in [6.07, 6.45) is 1.64. The van der Waals surface area contributed by atoms with Gasteiger partial charge in [0.15, 0.2) is 16.6 Å². The Morgan fingerprint density at radius 2 is 2.00 bits per heavy atom. The first-order valence-corrected chi connectivity index (χ1v) is 9.91. The summed E-state index contributed by atoms with van der Waals surface area (Å²) in [5.74, 6) is 1.16. The maximum absolute atomic E-state index is 6.04. The fourth-order valence-electron chi connectivity index (χ4n) is 2.07. The number of nitrogens with one attached hydrogen (secondary N) is 2. The second-order valence-corrected chi connectivity index (χ2v) is 7.37. The summed E-state index contributed by atoms with van der Waals surface area (Å²) < 4.78 is 12.1. The van der Waals surface area contributed by atoms with E-state index in [-0.39, 0.29) is 0 Å². The minimum Gasteiger partial charge on any atom is -0.493 e. The van der Waals surface area contributed by atoms with E-state index in [1.807, 2.05) is 25.1 Å². The van der Waals surface area contributed by atoms with Gasteiger partial charge < -0.3 is 14.8 Å². The standard InChI is InChI=1S/C18H18BrCl2N3O2S/c1-3-22-18(27)24-23-9-12-7-16(25-2)17(8-13(12)19)26-10-11-4-5-14(20)15(21)6-11/h4-9H,3,10H2,1-2H3,(H2,22,24,27)/b23-9-. The van der Waals surface area contributed by atoms with Crippen molar-refractivity contribution < 1.29 is 9.47 Å². The van der Waals surface area contributed by atoms with Crippen molar-refractivity contribution in [2.45, 2.75) is 13.5 Å². The number of methoxy groups -OCH3 is 1. The van der Waals surface area contributed by atoms with Crippen LogP contribution in [0.25, 0.3) is 0 Å². The van der Waals surface area contributed by atoms with Crippen LogP contribution in [0.3, 0.4) is 0 Å². The SMILES string of the molecule is CCNC(=S)N/N=C\c1cc(OC)c(OCc2ccc(Cl)c(Cl)c2)cc1Br. The van der Waals surface area contributed by atoms with Crippen LogP contribution >= 0.6 is 51.3 Å². The molecule has 0 aliphatic carbocycles. The highest BCUT2D eigenvalue weighted by Crippen LogP contribution is 2.33. The molecular formula is C18H18BrCl2N3O2S. The Morgan fingerprint density at radius 3 is 2.67 bits per heavy atom. The molecule has 0 spiro atoms. The van der Waals surface area contributed by atoms with Gasteiger partial charge in [0.05, 0.1) is 23.4 Å². The molecule has 5 nitrogen and oxygen atoms in total. The van der Waals surface area contributed by atoms with Crippen molar-refractivity contribution in [3.05, 3.63) is 56.0 Å². The normalized spacial score (nSPS) is 10.7. The summed E-state index contributed by atoms with van der Waals surface area (Å²) in [5, 5.41) is 8.51. The molecule has 0 amide bonds. The topological polar surface area (TPSA) is 54.9 Å². The quantitative estimate of drug-likeness (QED) is 0.319. The first-order chi connectivity index (χ1) is 12.9. The third-order valence-corrected chi connectivity index (χ3v) is 5.03. The fourth-order valence-corrected chi connectivity index (χ4v) is 3.02. The molecule has 0 unspecified atom stereocenters. The van der Waals surface area contributed by atoms with Gasteiger partial charge in [-0.1, -0.05) is 29.3 Å². The third kappa shape index (κ3) is 6.53. The molecule has 0 saturated carbocycles. The average Bonchev–Trinajstić information content (AvgIpc) is 2.64. The Balaban J connectivity index is 2.11. The number of benzene rings is 2. The molecule has 0 bridgehead atoms. The average molecular weight is 491 g/mol. The van der Waals surface area contributed by atoms with Crippen molar-refractivity contribution in [2.75, 3.05) is 13.7 Å². The third-order valence-electron chi connectivity index (χ3n) is 3.37. The van der Waals surface area contributed by atoms with E-state index >= 15 is 0 Å². The molecule has 9 heteroatoms. The summed E-state index contributed by atoms with van der Waals surface area (Å²) in [4.78, 5) is 0. The first-order valence-electron chi connectivity index (χ1n) is 7.95. The fraction of sp³-hybridized carbons (Fsp3) is 0.222. The lowest BCUT2D eigenvalue weighted by Gasteiger charge is -2.13. The molecule has 0 fully saturated rings. The summed E-state index contributed by atoms with van der Waals surface area (Å²) in [6.45, 7) is 3.01. The van der Waals surface area contributed by atoms with Crippen LogP contribution in [0.4, 0.5) is 0 Å². The van der Waals surface area contributed by atoms with Crippen molar-refractivity contribution in [3.8, 4) is 11.5 Å². The number of rotatable bonds is 7. The Bertz CT molecular complexity index is 850. The van der Waals surface area contributed by atoms with E-state index < -0.39 is 0 Å². The maximum Gasteiger partial charge on any atom is 0.186 e. The molecule has 0 aromatic heterocycles. The molecule has 27 heavy (non-hydrogen) atoms. The number of halogens is 3. The van der Waals surface area contributed by atoms with Crippen LogP contribution in [0, 0.1) is 0 Å². The summed E-state index contributed by atoms with van der Waals surface area (Å²) in [6, 6.07) is 9.00. The van der Waals surface area contributed by atoms with E-state index in [0.29, 0.717) is 33.3 Å². The van der Waals surface area contributed by atoms with Crippen molar-refractivity contribution >= 4 is 62.7 Å². The van der Waals surface area contributed by atoms with Crippen molar-refractivity contribution in [2.24, 2.45) is 5.10 Å². The van der Waals surface area contributed by atoms with Gasteiger partial charge in [-0.25, -0.2) is 0 Å². The van der Waals surface area contributed by atoms with Gasteiger partial charge in [0, 0.05) is 16.6 Å². The van der Waals surface area contributed by atoms with Gasteiger partial charge in [-0.15, -0.1) is 0 Å². The van der Waals surface area contributed by atoms with Gasteiger partial charge in [-0.2, -0.15) is 5.10 Å². The lowest BCUT2D eigenvalue weighted by molar-refractivity contribution is 0.284. The predicted molar refractivity (Wildman–Crippen MR) is 118 cm³/mol. The lowest BCUT2D eigenvalue weighted by atomic mass is 10.2. The zero-order chi connectivity index (χ0) is 19.8. The van der Waals surface area contributed by atoms with Crippen LogP contribution in [0.2, 0.25) is 10.0 Å². The first kappa shape index (κ1) is 21.8. The zero-order valence-corrected chi connectivity index (χ0v) is 18.6. The van der Waals surface area contributed by atoms with Crippen molar-refractivity contribution in [1.82, 2.24) is 10.7 Å². The Morgan fingerprint density at radius 1 is 1.22 bits per heavy atom. The zero-order valence-electron chi connectivity index (χ0n) is 14.7. The number of hydrogen-bond acceptors (Lipinski definition) is 4. The molecule has 2 rings (SSSR count). The van der Waals surface area contributed by atoms with E-state index in [2.05, 4.69) is 31.8 Å². The molecule has 0 aliphatic rings. The largest absolute Gasteiger partial charge is 0.493 e. The second-order valence-electron chi connectivity index (χ2n) is 5.29. The van der Waals surface area contributed by atoms with Gasteiger partial charge in [0.25, 0.3) is 0 Å². The number of thiocarbonyl (C=S) groups is 1. The van der Waals surface area contributed by atoms with Crippen LogP contribution in [0.5, 0.6) is 11.5 Å². The van der Waals surface area contributed by atoms with Crippen LogP contribution in [-0.4, -0.2) is 25.0 Å². The van der Waals surface area contributed by atoms with Crippen LogP contribution < -0.4 is 20.2 Å². The number of hydrazone groups is 1.